The number of carbonyl (C=O) groups is 4. The number of rotatable bonds is 12. The Balaban J connectivity index is 0.000000240. The largest absolute Gasteiger partial charge is 0.478 e. The standard InChI is InChI=1S/2C18H16O4/c19-17(15-9-3-1-4-10-15)21-13-7-8-14-22-18(20)16-11-5-2-6-12-16;19-17(20)15-11-5-3-9-13(15)7-1-2-8-14-10-4-6-12-16(14)18(21)22/h1-12H,13-14H2;1-6,9-12H,7-8H2,(H,19,20)(H,21,22)/b8-7-;2-1-. The van der Waals surface area contributed by atoms with Gasteiger partial charge in [-0.2, -0.15) is 0 Å². The van der Waals surface area contributed by atoms with Crippen molar-refractivity contribution in [2.45, 2.75) is 12.8 Å². The third-order valence-electron chi connectivity index (χ3n) is 6.14. The van der Waals surface area contributed by atoms with Gasteiger partial charge in [-0.15, -0.1) is 0 Å². The van der Waals surface area contributed by atoms with Crippen molar-refractivity contribution in [1.82, 2.24) is 0 Å². The summed E-state index contributed by atoms with van der Waals surface area (Å²) < 4.78 is 10.1. The quantitative estimate of drug-likeness (QED) is 0.138. The van der Waals surface area contributed by atoms with Crippen LogP contribution in [0.15, 0.2) is 133 Å². The number of ether oxygens (including phenoxy) is 2. The van der Waals surface area contributed by atoms with Crippen molar-refractivity contribution in [2.24, 2.45) is 0 Å². The lowest BCUT2D eigenvalue weighted by Gasteiger charge is -2.03. The van der Waals surface area contributed by atoms with Crippen LogP contribution >= 0.6 is 0 Å². The summed E-state index contributed by atoms with van der Waals surface area (Å²) in [5, 5.41) is 18.2. The molecule has 4 rings (SSSR count). The first kappa shape index (κ1) is 32.8. The highest BCUT2D eigenvalue weighted by molar-refractivity contribution is 5.90. The third kappa shape index (κ3) is 10.9. The van der Waals surface area contributed by atoms with Gasteiger partial charge in [-0.25, -0.2) is 19.2 Å². The molecule has 4 aromatic carbocycles. The minimum absolute atomic E-state index is 0.136. The van der Waals surface area contributed by atoms with Crippen LogP contribution in [-0.4, -0.2) is 47.3 Å². The fourth-order valence-electron chi connectivity index (χ4n) is 3.93. The van der Waals surface area contributed by atoms with Gasteiger partial charge in [0.1, 0.15) is 13.2 Å². The highest BCUT2D eigenvalue weighted by Crippen LogP contribution is 2.13. The molecule has 4 aromatic rings. The van der Waals surface area contributed by atoms with Gasteiger partial charge in [-0.3, -0.25) is 0 Å². The van der Waals surface area contributed by atoms with Gasteiger partial charge in [-0.05, 0) is 72.5 Å². The SMILES string of the molecule is O=C(O)c1ccccc1C/C=C\Cc1ccccc1C(=O)O.O=C(OC/C=C\COC(=O)c1ccccc1)c1ccccc1. The summed E-state index contributed by atoms with van der Waals surface area (Å²) in [5.41, 5.74) is 3.06. The maximum Gasteiger partial charge on any atom is 0.338 e. The third-order valence-corrected chi connectivity index (χ3v) is 6.14. The number of hydrogen-bond acceptors (Lipinski definition) is 6. The van der Waals surface area contributed by atoms with Crippen LogP contribution in [0.5, 0.6) is 0 Å². The van der Waals surface area contributed by atoms with Gasteiger partial charge in [0.05, 0.1) is 22.3 Å². The van der Waals surface area contributed by atoms with Gasteiger partial charge in [-0.1, -0.05) is 84.9 Å². The van der Waals surface area contributed by atoms with Crippen LogP contribution in [0.3, 0.4) is 0 Å². The maximum absolute atomic E-state index is 11.6. The van der Waals surface area contributed by atoms with Crippen molar-refractivity contribution >= 4 is 23.9 Å². The van der Waals surface area contributed by atoms with Crippen molar-refractivity contribution in [1.29, 1.82) is 0 Å². The number of carboxylic acid groups (broad SMARTS) is 2. The summed E-state index contributed by atoms with van der Waals surface area (Å²) in [7, 11) is 0. The predicted molar refractivity (Wildman–Crippen MR) is 166 cm³/mol. The van der Waals surface area contributed by atoms with Crippen LogP contribution in [-0.2, 0) is 22.3 Å². The Bertz CT molecular complexity index is 1470. The number of aromatic carboxylic acids is 2. The normalized spacial score (nSPS) is 10.5. The minimum atomic E-state index is -0.944. The summed E-state index contributed by atoms with van der Waals surface area (Å²) in [5.74, 6) is -2.65. The Hall–Kier alpha value is -5.76. The van der Waals surface area contributed by atoms with Gasteiger partial charge < -0.3 is 19.7 Å². The zero-order valence-corrected chi connectivity index (χ0v) is 23.9. The molecule has 0 aliphatic rings. The molecule has 0 spiro atoms. The van der Waals surface area contributed by atoms with Crippen LogP contribution in [0.1, 0.15) is 52.6 Å². The molecule has 0 radical (unpaired) electrons. The molecular weight excluding hydrogens is 560 g/mol. The number of allylic oxidation sites excluding steroid dienone is 2. The van der Waals surface area contributed by atoms with E-state index in [1.54, 1.807) is 109 Å². The minimum Gasteiger partial charge on any atom is -0.478 e. The molecule has 0 atom stereocenters. The molecule has 0 aromatic heterocycles. The molecule has 0 saturated carbocycles. The number of hydrogen-bond donors (Lipinski definition) is 2. The van der Waals surface area contributed by atoms with Crippen LogP contribution in [0.25, 0.3) is 0 Å². The highest BCUT2D eigenvalue weighted by atomic mass is 16.5. The van der Waals surface area contributed by atoms with E-state index >= 15 is 0 Å². The van der Waals surface area contributed by atoms with E-state index in [1.807, 2.05) is 24.3 Å². The smallest absolute Gasteiger partial charge is 0.338 e. The zero-order valence-electron chi connectivity index (χ0n) is 23.9. The van der Waals surface area contributed by atoms with E-state index in [2.05, 4.69) is 0 Å². The number of esters is 2. The van der Waals surface area contributed by atoms with Gasteiger partial charge in [0.15, 0.2) is 0 Å². The van der Waals surface area contributed by atoms with Crippen LogP contribution < -0.4 is 0 Å². The molecule has 0 unspecified atom stereocenters. The molecule has 44 heavy (non-hydrogen) atoms. The first-order valence-corrected chi connectivity index (χ1v) is 13.7. The van der Waals surface area contributed by atoms with Crippen molar-refractivity contribution < 1.29 is 38.9 Å². The Labute approximate surface area is 255 Å². The fraction of sp³-hybridized carbons (Fsp3) is 0.111. The van der Waals surface area contributed by atoms with E-state index in [4.69, 9.17) is 19.7 Å². The van der Waals surface area contributed by atoms with E-state index in [0.29, 0.717) is 24.0 Å². The number of carbonyl (C=O) groups excluding carboxylic acids is 2. The molecule has 8 nitrogen and oxygen atoms in total. The second kappa shape index (κ2) is 17.9. The average Bonchev–Trinajstić information content (AvgIpc) is 3.05. The Morgan fingerprint density at radius 1 is 0.477 bits per heavy atom. The lowest BCUT2D eigenvalue weighted by molar-refractivity contribution is 0.0527. The summed E-state index contributed by atoms with van der Waals surface area (Å²) in [6.45, 7) is 0.271. The molecule has 0 fully saturated rings. The van der Waals surface area contributed by atoms with Crippen molar-refractivity contribution in [3.05, 3.63) is 167 Å². The predicted octanol–water partition coefficient (Wildman–Crippen LogP) is 6.68. The van der Waals surface area contributed by atoms with E-state index in [-0.39, 0.29) is 36.3 Å². The van der Waals surface area contributed by atoms with E-state index in [9.17, 15) is 19.2 Å². The first-order chi connectivity index (χ1) is 21.4. The molecule has 0 bridgehead atoms. The molecule has 2 N–H and O–H groups in total. The molecule has 8 heteroatoms. The Kier molecular flexibility index (Phi) is 13.3. The monoisotopic (exact) mass is 592 g/mol. The molecular formula is C36H32O8. The fourth-order valence-corrected chi connectivity index (χ4v) is 3.93. The Morgan fingerprint density at radius 3 is 1.18 bits per heavy atom. The van der Waals surface area contributed by atoms with Gasteiger partial charge in [0, 0.05) is 0 Å². The van der Waals surface area contributed by atoms with E-state index in [0.717, 1.165) is 11.1 Å². The van der Waals surface area contributed by atoms with Crippen LogP contribution in [0.2, 0.25) is 0 Å². The molecule has 0 heterocycles. The van der Waals surface area contributed by atoms with Crippen LogP contribution in [0.4, 0.5) is 0 Å². The topological polar surface area (TPSA) is 127 Å². The van der Waals surface area contributed by atoms with Crippen LogP contribution in [0, 0.1) is 0 Å². The molecule has 0 aliphatic carbocycles. The highest BCUT2D eigenvalue weighted by Gasteiger charge is 2.09. The molecule has 0 aliphatic heterocycles. The van der Waals surface area contributed by atoms with Crippen molar-refractivity contribution in [3.63, 3.8) is 0 Å². The number of carboxylic acids is 2. The van der Waals surface area contributed by atoms with Gasteiger partial charge in [0.2, 0.25) is 0 Å². The van der Waals surface area contributed by atoms with E-state index < -0.39 is 11.9 Å². The molecule has 0 saturated heterocycles. The van der Waals surface area contributed by atoms with Crippen molar-refractivity contribution in [3.8, 4) is 0 Å². The maximum atomic E-state index is 11.6. The van der Waals surface area contributed by atoms with Gasteiger partial charge in [0.25, 0.3) is 0 Å². The van der Waals surface area contributed by atoms with Gasteiger partial charge >= 0.3 is 23.9 Å². The summed E-state index contributed by atoms with van der Waals surface area (Å²) in [6.07, 6.45) is 7.99. The lowest BCUT2D eigenvalue weighted by Crippen LogP contribution is -2.06. The molecule has 0 amide bonds. The average molecular weight is 593 g/mol. The lowest BCUT2D eigenvalue weighted by atomic mass is 10.0. The Morgan fingerprint density at radius 2 is 0.818 bits per heavy atom. The second-order valence-electron chi connectivity index (χ2n) is 9.20. The zero-order chi connectivity index (χ0) is 31.6. The first-order valence-electron chi connectivity index (χ1n) is 13.7. The summed E-state index contributed by atoms with van der Waals surface area (Å²) in [4.78, 5) is 45.5. The summed E-state index contributed by atoms with van der Waals surface area (Å²) >= 11 is 0. The molecule has 224 valence electrons. The summed E-state index contributed by atoms with van der Waals surface area (Å²) in [6, 6.07) is 31.2. The van der Waals surface area contributed by atoms with Crippen molar-refractivity contribution in [2.75, 3.05) is 13.2 Å². The number of benzene rings is 4. The van der Waals surface area contributed by atoms with E-state index in [1.165, 1.54) is 0 Å². The second-order valence-corrected chi connectivity index (χ2v) is 9.20.